The number of aryl methyl sites for hydroxylation is 1. The highest BCUT2D eigenvalue weighted by molar-refractivity contribution is 6.04. The molecule has 4 aromatic rings. The number of allylic oxidation sites excluding steroid dienone is 6. The fourth-order valence-electron chi connectivity index (χ4n) is 7.00. The zero-order valence-electron chi connectivity index (χ0n) is 31.4. The van der Waals surface area contributed by atoms with Crippen molar-refractivity contribution in [3.8, 4) is 66.8 Å². The Morgan fingerprint density at radius 3 is 0.738 bits per heavy atom. The van der Waals surface area contributed by atoms with Crippen LogP contribution in [-0.2, 0) is 0 Å². The molecule has 65 heavy (non-hydrogen) atoms. The quantitative estimate of drug-likeness (QED) is 0.203. The third-order valence-electron chi connectivity index (χ3n) is 9.66. The van der Waals surface area contributed by atoms with Gasteiger partial charge in [-0.2, -0.15) is 57.9 Å². The number of rotatable bonds is 3. The molecular weight excluding hydrogens is 857 g/mol. The molecule has 0 saturated carbocycles. The Morgan fingerprint density at radius 1 is 0.323 bits per heavy atom. The molecule has 0 radical (unpaired) electrons. The van der Waals surface area contributed by atoms with Gasteiger partial charge in [0.2, 0.25) is 0 Å². The number of aromatic nitrogens is 6. The maximum atomic E-state index is 17.2. The molecule has 3 heterocycles. The van der Waals surface area contributed by atoms with Crippen molar-refractivity contribution in [2.45, 2.75) is 6.92 Å². The molecule has 0 saturated heterocycles. The van der Waals surface area contributed by atoms with E-state index in [0.717, 1.165) is 6.92 Å². The molecule has 0 atom stereocenters. The molecule has 0 fully saturated rings. The van der Waals surface area contributed by atoms with E-state index in [4.69, 9.17) is 0 Å². The van der Waals surface area contributed by atoms with Crippen molar-refractivity contribution in [1.29, 1.82) is 57.9 Å². The van der Waals surface area contributed by atoms with Crippen LogP contribution in [0.15, 0.2) is 16.7 Å². The van der Waals surface area contributed by atoms with Crippen molar-refractivity contribution in [3.63, 3.8) is 0 Å². The molecule has 0 spiro atoms. The van der Waals surface area contributed by atoms with Gasteiger partial charge in [0.05, 0.1) is 22.4 Å². The third-order valence-corrected chi connectivity index (χ3v) is 9.66. The first kappa shape index (κ1) is 42.0. The maximum absolute atomic E-state index is 17.2. The minimum atomic E-state index is -2.04. The van der Waals surface area contributed by atoms with Crippen molar-refractivity contribution in [2.24, 2.45) is 0 Å². The summed E-state index contributed by atoms with van der Waals surface area (Å²) in [6, 6.07) is 16.0. The Bertz CT molecular complexity index is 3870. The summed E-state index contributed by atoms with van der Waals surface area (Å²) in [4.78, 5) is 22.2. The van der Waals surface area contributed by atoms with Crippen molar-refractivity contribution in [2.75, 3.05) is 0 Å². The first-order valence-electron chi connectivity index (χ1n) is 17.0. The Kier molecular flexibility index (Phi) is 10.0. The normalized spacial score (nSPS) is 15.2. The summed E-state index contributed by atoms with van der Waals surface area (Å²) in [7, 11) is 0. The van der Waals surface area contributed by atoms with Crippen LogP contribution in [0, 0.1) is 132 Å². The molecule has 1 aromatic carbocycles. The summed E-state index contributed by atoms with van der Waals surface area (Å²) in [6.45, 7) is 1.16. The lowest BCUT2D eigenvalue weighted by atomic mass is 10.1. The molecule has 3 aliphatic carbocycles. The highest BCUT2D eigenvalue weighted by Crippen LogP contribution is 2.37. The summed E-state index contributed by atoms with van der Waals surface area (Å²) in [6.07, 6.45) is 0. The lowest BCUT2D eigenvalue weighted by Gasteiger charge is -2.06. The van der Waals surface area contributed by atoms with E-state index in [1.54, 1.807) is 12.1 Å². The summed E-state index contributed by atoms with van der Waals surface area (Å²) < 4.78 is 103. The van der Waals surface area contributed by atoms with Crippen LogP contribution >= 0.6 is 0 Å². The standard InChI is InChI=1S/C42H3F6N17/c1-13-14(2-49)20(8-55)61-40(60-13)17(5-52)25-34(43)28-29(35(25)44)31-33(39(48)27(37(31)46)19(7-54)42-64-23(11-58)16(4-51)24(12-59)65-42)32-30(28)36(45)26(38(32)47)18(6-53)41-62-21(9-56)15(3-50)22(10-57)63-41/h1H3/b25-17?,26-18-,27-19+. The molecule has 0 amide bonds. The van der Waals surface area contributed by atoms with E-state index in [1.807, 2.05) is 0 Å². The number of hydrogen-bond acceptors (Lipinski definition) is 17. The molecule has 298 valence electrons. The smallest absolute Gasteiger partial charge is 0.173 e. The van der Waals surface area contributed by atoms with Crippen molar-refractivity contribution in [3.05, 3.63) is 116 Å². The van der Waals surface area contributed by atoms with Gasteiger partial charge in [-0.3, -0.25) is 0 Å². The fraction of sp³-hybridized carbons (Fsp3) is 0.0238. The Morgan fingerprint density at radius 2 is 0.538 bits per heavy atom. The number of fused-ring (bicyclic) bond motifs is 6. The number of halogens is 6. The number of nitrogens with zero attached hydrogens (tertiary/aromatic N) is 17. The van der Waals surface area contributed by atoms with Gasteiger partial charge in [-0.05, 0) is 6.92 Å². The van der Waals surface area contributed by atoms with Gasteiger partial charge >= 0.3 is 0 Å². The topological polar surface area (TPSA) is 339 Å². The molecule has 7 rings (SSSR count). The zero-order chi connectivity index (χ0) is 47.3. The predicted octanol–water partition coefficient (Wildman–Crippen LogP) is 0.778. The molecule has 0 unspecified atom stereocenters. The lowest BCUT2D eigenvalue weighted by Crippen LogP contribution is -2.64. The second-order valence-electron chi connectivity index (χ2n) is 12.7. The molecule has 0 aliphatic heterocycles. The van der Waals surface area contributed by atoms with E-state index in [9.17, 15) is 57.9 Å². The van der Waals surface area contributed by atoms with Crippen molar-refractivity contribution >= 4 is 51.7 Å². The molecule has 17 nitrogen and oxygen atoms in total. The molecule has 23 heteroatoms. The van der Waals surface area contributed by atoms with Gasteiger partial charge in [0, 0.05) is 31.3 Å². The highest BCUT2D eigenvalue weighted by atomic mass is 19.2. The summed E-state index contributed by atoms with van der Waals surface area (Å²) in [5, 5.41) is 98.6. The van der Waals surface area contributed by atoms with E-state index >= 15 is 26.3 Å². The number of nitriles is 11. The average molecular weight is 860 g/mol. The second-order valence-corrected chi connectivity index (χ2v) is 12.7. The minimum Gasteiger partial charge on any atom is -0.231 e. The fourth-order valence-corrected chi connectivity index (χ4v) is 7.00. The molecule has 0 N–H and O–H groups in total. The Labute approximate surface area is 355 Å². The van der Waals surface area contributed by atoms with Gasteiger partial charge in [0.15, 0.2) is 45.9 Å². The van der Waals surface area contributed by atoms with Crippen molar-refractivity contribution < 1.29 is 26.3 Å². The summed E-state index contributed by atoms with van der Waals surface area (Å²) >= 11 is 0. The first-order chi connectivity index (χ1) is 31.2. The van der Waals surface area contributed by atoms with Crippen LogP contribution in [0.2, 0.25) is 0 Å². The van der Waals surface area contributed by atoms with Gasteiger partial charge in [-0.1, -0.05) is 0 Å². The predicted molar refractivity (Wildman–Crippen MR) is 197 cm³/mol. The lowest BCUT2D eigenvalue weighted by molar-refractivity contribution is 0.725. The highest BCUT2D eigenvalue weighted by Gasteiger charge is 2.39. The van der Waals surface area contributed by atoms with Gasteiger partial charge in [-0.25, -0.2) is 56.2 Å². The van der Waals surface area contributed by atoms with Crippen LogP contribution in [0.4, 0.5) is 26.3 Å². The summed E-state index contributed by atoms with van der Waals surface area (Å²) in [5.41, 5.74) is -14.7. The maximum Gasteiger partial charge on any atom is 0.173 e. The van der Waals surface area contributed by atoms with E-state index < -0.39 is 162 Å². The van der Waals surface area contributed by atoms with E-state index in [0.29, 0.717) is 0 Å². The van der Waals surface area contributed by atoms with Gasteiger partial charge in [-0.15, -0.1) is 0 Å². The first-order valence-corrected chi connectivity index (χ1v) is 17.0. The number of hydrogen-bond donors (Lipinski definition) is 0. The summed E-state index contributed by atoms with van der Waals surface area (Å²) in [5.74, 6) is -15.2. The van der Waals surface area contributed by atoms with Crippen LogP contribution in [0.5, 0.6) is 0 Å². The third kappa shape index (κ3) is 5.70. The van der Waals surface area contributed by atoms with E-state index in [-0.39, 0.29) is 5.69 Å². The number of benzene rings is 1. The van der Waals surface area contributed by atoms with E-state index in [1.165, 1.54) is 54.6 Å². The SMILES string of the molecule is Cc1nc(C(C#N)=C2C(F)=c3c(c4c(c5c3=C(F)/C(=C(/C#N)c3nc(C#N)c(C#N)c(C#N)n3)C=5F)=C(F)/C(=C(/C#N)c3nc(C#N)c(C#N)c(C#N)n3)C=4F)=C2F)nc(C#N)c1C#N. The molecular formula is C42H3F6N17. The Hall–Kier alpha value is -11.1. The Balaban J connectivity index is 1.81. The van der Waals surface area contributed by atoms with E-state index in [2.05, 4.69) is 29.9 Å². The van der Waals surface area contributed by atoms with Crippen LogP contribution < -0.4 is 31.3 Å². The molecule has 3 aliphatic rings. The van der Waals surface area contributed by atoms with Crippen molar-refractivity contribution in [1.82, 2.24) is 29.9 Å². The molecule has 0 bridgehead atoms. The van der Waals surface area contributed by atoms with Crippen LogP contribution in [-0.4, -0.2) is 29.9 Å². The van der Waals surface area contributed by atoms with Crippen LogP contribution in [0.3, 0.4) is 0 Å². The van der Waals surface area contributed by atoms with Gasteiger partial charge in [0.25, 0.3) is 0 Å². The zero-order valence-corrected chi connectivity index (χ0v) is 31.4. The van der Waals surface area contributed by atoms with Crippen LogP contribution in [0.1, 0.15) is 68.3 Å². The second kappa shape index (κ2) is 15.5. The minimum absolute atomic E-state index is 0.279. The van der Waals surface area contributed by atoms with Gasteiger partial charge in [0.1, 0.15) is 135 Å². The largest absolute Gasteiger partial charge is 0.231 e. The van der Waals surface area contributed by atoms with Gasteiger partial charge < -0.3 is 0 Å². The molecule has 3 aromatic heterocycles. The average Bonchev–Trinajstić information content (AvgIpc) is 3.83. The monoisotopic (exact) mass is 859 g/mol. The van der Waals surface area contributed by atoms with Crippen LogP contribution in [0.25, 0.3) is 51.7 Å².